The molecule has 6 heteroatoms. The van der Waals surface area contributed by atoms with Crippen molar-refractivity contribution in [3.8, 4) is 0 Å². The predicted octanol–water partition coefficient (Wildman–Crippen LogP) is 1.29. The number of rotatable bonds is 5. The maximum atomic E-state index is 11.3. The van der Waals surface area contributed by atoms with E-state index in [1.807, 2.05) is 0 Å². The summed E-state index contributed by atoms with van der Waals surface area (Å²) in [4.78, 5) is 2.41. The largest absolute Gasteiger partial charge is 0.397 e. The van der Waals surface area contributed by atoms with Gasteiger partial charge in [0.2, 0.25) is 10.0 Å². The lowest BCUT2D eigenvalue weighted by atomic mass is 10.2. The zero-order valence-corrected chi connectivity index (χ0v) is 11.6. The number of nitrogen functional groups attached to an aromatic ring is 1. The van der Waals surface area contributed by atoms with Crippen molar-refractivity contribution in [3.63, 3.8) is 0 Å². The van der Waals surface area contributed by atoms with Gasteiger partial charge in [0, 0.05) is 12.6 Å². The van der Waals surface area contributed by atoms with Crippen LogP contribution in [0.2, 0.25) is 0 Å². The second kappa shape index (κ2) is 4.38. The normalized spacial score (nSPS) is 19.4. The molecule has 5 nitrogen and oxygen atoms in total. The van der Waals surface area contributed by atoms with Gasteiger partial charge in [0.25, 0.3) is 0 Å². The highest BCUT2D eigenvalue weighted by molar-refractivity contribution is 7.89. The number of hydrogen-bond acceptors (Lipinski definition) is 4. The molecule has 0 amide bonds. The Balaban J connectivity index is 1.90. The Morgan fingerprint density at radius 3 is 2.37 bits per heavy atom. The van der Waals surface area contributed by atoms with Gasteiger partial charge in [-0.25, -0.2) is 13.6 Å². The maximum Gasteiger partial charge on any atom is 0.238 e. The zero-order valence-electron chi connectivity index (χ0n) is 10.7. The van der Waals surface area contributed by atoms with Gasteiger partial charge >= 0.3 is 0 Å². The summed E-state index contributed by atoms with van der Waals surface area (Å²) in [5.41, 5.74) is 7.46. The first-order valence-electron chi connectivity index (χ1n) is 6.64. The van der Waals surface area contributed by atoms with E-state index in [1.165, 1.54) is 31.7 Å². The fraction of sp³-hybridized carbons (Fsp3) is 0.538. The van der Waals surface area contributed by atoms with E-state index in [2.05, 4.69) is 4.90 Å². The van der Waals surface area contributed by atoms with Crippen LogP contribution in [0, 0.1) is 5.92 Å². The van der Waals surface area contributed by atoms with Gasteiger partial charge in [0.05, 0.1) is 16.3 Å². The fourth-order valence-electron chi connectivity index (χ4n) is 2.38. The molecule has 1 aromatic carbocycles. The molecule has 4 N–H and O–H groups in total. The first-order valence-corrected chi connectivity index (χ1v) is 8.19. The molecule has 19 heavy (non-hydrogen) atoms. The number of nitrogens with two attached hydrogens (primary N) is 2. The van der Waals surface area contributed by atoms with Gasteiger partial charge in [-0.3, -0.25) is 0 Å². The number of hydrogen-bond donors (Lipinski definition) is 2. The second-order valence-corrected chi connectivity index (χ2v) is 7.15. The predicted molar refractivity (Wildman–Crippen MR) is 75.3 cm³/mol. The Labute approximate surface area is 113 Å². The highest BCUT2D eigenvalue weighted by Crippen LogP contribution is 2.40. The highest BCUT2D eigenvalue weighted by Gasteiger charge is 2.34. The van der Waals surface area contributed by atoms with Crippen LogP contribution in [0.3, 0.4) is 0 Å². The van der Waals surface area contributed by atoms with Crippen molar-refractivity contribution in [1.82, 2.24) is 0 Å². The second-order valence-electron chi connectivity index (χ2n) is 5.59. The molecule has 2 fully saturated rings. The van der Waals surface area contributed by atoms with Gasteiger partial charge in [-0.1, -0.05) is 0 Å². The summed E-state index contributed by atoms with van der Waals surface area (Å²) in [6.07, 6.45) is 4.98. The lowest BCUT2D eigenvalue weighted by Crippen LogP contribution is -2.29. The van der Waals surface area contributed by atoms with Crippen LogP contribution in [-0.4, -0.2) is 21.0 Å². The van der Waals surface area contributed by atoms with Gasteiger partial charge in [-0.15, -0.1) is 0 Å². The third-order valence-electron chi connectivity index (χ3n) is 3.78. The number of sulfonamides is 1. The summed E-state index contributed by atoms with van der Waals surface area (Å²) in [5, 5.41) is 5.12. The topological polar surface area (TPSA) is 89.4 Å². The van der Waals surface area contributed by atoms with Crippen molar-refractivity contribution < 1.29 is 8.42 Å². The summed E-state index contributed by atoms with van der Waals surface area (Å²) in [7, 11) is -3.68. The SMILES string of the molecule is Nc1cc(S(N)(=O)=O)ccc1N(CC1CC1)C1CC1. The number of primary sulfonamides is 1. The van der Waals surface area contributed by atoms with Crippen LogP contribution in [0.4, 0.5) is 11.4 Å². The average Bonchev–Trinajstić information content (AvgIpc) is 3.18. The van der Waals surface area contributed by atoms with E-state index in [0.717, 1.165) is 18.2 Å². The zero-order chi connectivity index (χ0) is 13.6. The monoisotopic (exact) mass is 281 g/mol. The summed E-state index contributed by atoms with van der Waals surface area (Å²) in [6, 6.07) is 5.37. The maximum absolute atomic E-state index is 11.3. The first kappa shape index (κ1) is 12.7. The molecule has 0 heterocycles. The molecule has 0 unspecified atom stereocenters. The van der Waals surface area contributed by atoms with Gasteiger partial charge in [-0.05, 0) is 49.8 Å². The van der Waals surface area contributed by atoms with Crippen molar-refractivity contribution in [3.05, 3.63) is 18.2 Å². The van der Waals surface area contributed by atoms with Crippen LogP contribution in [0.15, 0.2) is 23.1 Å². The van der Waals surface area contributed by atoms with E-state index in [1.54, 1.807) is 12.1 Å². The number of anilines is 2. The molecule has 3 rings (SSSR count). The average molecular weight is 281 g/mol. The van der Waals surface area contributed by atoms with Crippen molar-refractivity contribution in [2.45, 2.75) is 36.6 Å². The lowest BCUT2D eigenvalue weighted by molar-refractivity contribution is 0.598. The molecule has 0 spiro atoms. The quantitative estimate of drug-likeness (QED) is 0.796. The lowest BCUT2D eigenvalue weighted by Gasteiger charge is -2.26. The molecule has 0 aliphatic heterocycles. The van der Waals surface area contributed by atoms with Crippen LogP contribution >= 0.6 is 0 Å². The van der Waals surface area contributed by atoms with Crippen LogP contribution in [0.1, 0.15) is 25.7 Å². The van der Waals surface area contributed by atoms with Crippen molar-refractivity contribution >= 4 is 21.4 Å². The Morgan fingerprint density at radius 2 is 1.89 bits per heavy atom. The molecule has 0 atom stereocenters. The molecule has 104 valence electrons. The minimum Gasteiger partial charge on any atom is -0.397 e. The summed E-state index contributed by atoms with van der Waals surface area (Å²) in [6.45, 7) is 1.03. The molecule has 1 aromatic rings. The third kappa shape index (κ3) is 2.84. The van der Waals surface area contributed by atoms with Crippen LogP contribution in [-0.2, 0) is 10.0 Å². The molecular weight excluding hydrogens is 262 g/mol. The number of benzene rings is 1. The molecule has 2 aliphatic carbocycles. The van der Waals surface area contributed by atoms with Crippen molar-refractivity contribution in [2.75, 3.05) is 17.2 Å². The fourth-order valence-corrected chi connectivity index (χ4v) is 2.93. The van der Waals surface area contributed by atoms with Gasteiger partial charge < -0.3 is 10.6 Å². The molecule has 0 aromatic heterocycles. The third-order valence-corrected chi connectivity index (χ3v) is 4.69. The van der Waals surface area contributed by atoms with E-state index in [0.29, 0.717) is 11.7 Å². The standard InChI is InChI=1S/C13H19N3O2S/c14-12-7-11(19(15,17)18)5-6-13(12)16(10-3-4-10)8-9-1-2-9/h5-7,9-10H,1-4,8,14H2,(H2,15,17,18). The van der Waals surface area contributed by atoms with Crippen LogP contribution in [0.25, 0.3) is 0 Å². The van der Waals surface area contributed by atoms with Crippen LogP contribution in [0.5, 0.6) is 0 Å². The Kier molecular flexibility index (Phi) is 2.94. The number of nitrogens with zero attached hydrogens (tertiary/aromatic N) is 1. The molecule has 2 aliphatic rings. The van der Waals surface area contributed by atoms with E-state index in [-0.39, 0.29) is 4.90 Å². The Morgan fingerprint density at radius 1 is 1.21 bits per heavy atom. The summed E-state index contributed by atoms with van der Waals surface area (Å²) < 4.78 is 22.6. The Hall–Kier alpha value is -1.27. The smallest absolute Gasteiger partial charge is 0.238 e. The first-order chi connectivity index (χ1) is 8.95. The van der Waals surface area contributed by atoms with E-state index in [9.17, 15) is 8.42 Å². The van der Waals surface area contributed by atoms with Gasteiger partial charge in [-0.2, -0.15) is 0 Å². The molecule has 2 saturated carbocycles. The van der Waals surface area contributed by atoms with Crippen molar-refractivity contribution in [1.29, 1.82) is 0 Å². The summed E-state index contributed by atoms with van der Waals surface area (Å²) >= 11 is 0. The molecule has 0 radical (unpaired) electrons. The van der Waals surface area contributed by atoms with E-state index in [4.69, 9.17) is 10.9 Å². The molecule has 0 saturated heterocycles. The van der Waals surface area contributed by atoms with E-state index >= 15 is 0 Å². The minimum atomic E-state index is -3.68. The van der Waals surface area contributed by atoms with Gasteiger partial charge in [0.1, 0.15) is 0 Å². The molecule has 0 bridgehead atoms. The summed E-state index contributed by atoms with van der Waals surface area (Å²) in [5.74, 6) is 0.776. The molecular formula is C13H19N3O2S. The minimum absolute atomic E-state index is 0.0796. The van der Waals surface area contributed by atoms with Crippen molar-refractivity contribution in [2.24, 2.45) is 11.1 Å². The highest BCUT2D eigenvalue weighted by atomic mass is 32.2. The van der Waals surface area contributed by atoms with E-state index < -0.39 is 10.0 Å². The van der Waals surface area contributed by atoms with Crippen LogP contribution < -0.4 is 15.8 Å². The Bertz CT molecular complexity index is 592. The van der Waals surface area contributed by atoms with Gasteiger partial charge in [0.15, 0.2) is 0 Å².